The number of hydrogen-bond donors (Lipinski definition) is 13. The molecule has 9 heterocycles. The average Bonchev–Trinajstić information content (AvgIpc) is 1.66. The van der Waals surface area contributed by atoms with E-state index in [1.807, 2.05) is 121 Å². The molecule has 4 aliphatic heterocycles. The van der Waals surface area contributed by atoms with E-state index < -0.39 is 30.5 Å². The van der Waals surface area contributed by atoms with Crippen LogP contribution >= 0.6 is 24.4 Å². The summed E-state index contributed by atoms with van der Waals surface area (Å²) in [5, 5.41) is 65.0. The zero-order valence-corrected chi connectivity index (χ0v) is 66.1. The van der Waals surface area contributed by atoms with Crippen molar-refractivity contribution in [3.05, 3.63) is 178 Å². The molecule has 2 unspecified atom stereocenters. The molecule has 0 bridgehead atoms. The summed E-state index contributed by atoms with van der Waals surface area (Å²) in [4.78, 5) is 82.6. The van der Waals surface area contributed by atoms with Gasteiger partial charge in [-0.3, -0.25) is 4.79 Å². The minimum atomic E-state index is -0.991. The summed E-state index contributed by atoms with van der Waals surface area (Å²) in [6.45, 7) is 5.46. The summed E-state index contributed by atoms with van der Waals surface area (Å²) in [5.41, 5.74) is 10.8. The third kappa shape index (κ3) is 27.4. The molecule has 10 aromatic rings. The molecule has 0 aliphatic carbocycles. The van der Waals surface area contributed by atoms with Gasteiger partial charge in [0.1, 0.15) is 28.5 Å². The van der Waals surface area contributed by atoms with E-state index >= 15 is 0 Å². The maximum Gasteiger partial charge on any atom is 1.00 e. The van der Waals surface area contributed by atoms with Gasteiger partial charge in [0.05, 0.1) is 20.8 Å². The van der Waals surface area contributed by atoms with Crippen molar-refractivity contribution in [1.82, 2.24) is 24.9 Å². The average molecular weight is 1500 g/mol. The fourth-order valence-electron chi connectivity index (χ4n) is 11.0. The van der Waals surface area contributed by atoms with Crippen LogP contribution < -0.4 is 103 Å². The van der Waals surface area contributed by atoms with Gasteiger partial charge in [-0.2, -0.15) is 12.6 Å². The summed E-state index contributed by atoms with van der Waals surface area (Å²) >= 11 is 5.40. The van der Waals surface area contributed by atoms with Crippen molar-refractivity contribution in [3.63, 3.8) is 0 Å². The summed E-state index contributed by atoms with van der Waals surface area (Å²) in [7, 11) is 3.71. The molecule has 14 N–H and O–H groups in total. The number of nitrogens with one attached hydrogen (secondary N) is 5. The first kappa shape index (κ1) is 92.5. The number of fused-ring (bicyclic) bond motifs is 7. The number of thiol groups is 1. The normalized spacial score (nSPS) is 14.2. The van der Waals surface area contributed by atoms with Gasteiger partial charge in [0.2, 0.25) is 0 Å². The van der Waals surface area contributed by atoms with Crippen LogP contribution in [0.2, 0.25) is 0 Å². The summed E-state index contributed by atoms with van der Waals surface area (Å²) in [5.74, 6) is -1.62. The van der Waals surface area contributed by atoms with E-state index in [2.05, 4.69) is 37.5 Å². The van der Waals surface area contributed by atoms with Gasteiger partial charge >= 0.3 is 134 Å². The van der Waals surface area contributed by atoms with Crippen molar-refractivity contribution < 1.29 is 208 Å². The number of H-pyrrole nitrogens is 5. The van der Waals surface area contributed by atoms with Crippen molar-refractivity contribution >= 4 is 114 Å². The Kier molecular flexibility index (Phi) is 45.3. The molecule has 14 rings (SSSR count). The van der Waals surface area contributed by atoms with Crippen LogP contribution in [0.4, 0.5) is 0 Å². The van der Waals surface area contributed by atoms with E-state index in [1.165, 1.54) is 38.8 Å². The summed E-state index contributed by atoms with van der Waals surface area (Å²) in [6, 6.07) is 38.2. The molecule has 0 spiro atoms. The van der Waals surface area contributed by atoms with E-state index in [-0.39, 0.29) is 157 Å². The van der Waals surface area contributed by atoms with Crippen LogP contribution in [0.15, 0.2) is 121 Å². The Hall–Kier alpha value is -5.61. The number of carboxylic acids is 2. The molecule has 3 saturated heterocycles. The number of thioether (sulfide) groups is 1. The van der Waals surface area contributed by atoms with Crippen molar-refractivity contribution in [1.29, 1.82) is 0 Å². The standard InChI is InChI=1S/C14H15NO3S.C12H13NO3.C11H11NO3.C11H11NO2S.C11H9NO2.2C4H8O2.C4H8O.CH4O.2K.2H2O/c1-9(16)19-8-7-11-10-5-3-4-6-12(10)15-13(11)14(17)18-2;1-16-12(15)11-9(6-7-14)8-4-2-3-5-10(8)13-11;13-6-5-8-7-3-1-2-4-9(7)12-10(8)11(14)15;13-11(14)10-8(5-6-15)7-3-1-2-4-9(7)12-10;13-11-10-8(5-6-14-11)7-3-1-2-4-9(7)12-10;2*5-4-2-1-3-6-4;1-2-4-5-3-1;1-2;;;;/h3-6,15H,7-8H2,1-2H3;2-5,13-14H,6-7H2,1H3;1-4,12-13H,5-6H2,(H,14,15);1-4,12,15H,5-6H2,(H,13,14);1-4,12H,5-6H2;2*4-5H,1-3H2;1-4H2;2H,1H3;;;2*1H2/q;;;;;;;;;2*+1;;/p-1. The molecule has 4 aliphatic rings. The first-order valence-electron chi connectivity index (χ1n) is 31.9. The minimum absolute atomic E-state index is 0. The number of aromatic amines is 5. The molecule has 30 heteroatoms. The van der Waals surface area contributed by atoms with Gasteiger partial charge in [-0.15, -0.1) is 0 Å². The molecule has 5 aromatic heterocycles. The molecule has 0 radical (unpaired) electrons. The van der Waals surface area contributed by atoms with Crippen molar-refractivity contribution in [2.75, 3.05) is 79.1 Å². The molecular formula is C72H90K2N5O21S2+. The van der Waals surface area contributed by atoms with E-state index in [1.54, 1.807) is 6.92 Å². The molecule has 102 heavy (non-hydrogen) atoms. The fourth-order valence-corrected chi connectivity index (χ4v) is 11.8. The first-order chi connectivity index (χ1) is 47.5. The van der Waals surface area contributed by atoms with Crippen LogP contribution in [-0.2, 0) is 65.3 Å². The number of carbonyl (C=O) groups excluding carboxylic acids is 4. The molecule has 0 amide bonds. The summed E-state index contributed by atoms with van der Waals surface area (Å²) in [6.07, 6.45) is 8.23. The van der Waals surface area contributed by atoms with Gasteiger partial charge in [0.15, 0.2) is 17.7 Å². The number of aromatic nitrogens is 5. The second-order valence-corrected chi connectivity index (χ2v) is 23.6. The van der Waals surface area contributed by atoms with Gasteiger partial charge < -0.3 is 100 Å². The number of cyclic esters (lactones) is 1. The topological polar surface area (TPSA) is 438 Å². The number of carboxylic acid groups (broad SMARTS) is 2. The summed E-state index contributed by atoms with van der Waals surface area (Å²) < 4.78 is 28.8. The van der Waals surface area contributed by atoms with Gasteiger partial charge in [0, 0.05) is 133 Å². The number of methoxy groups -OCH3 is 2. The number of carbonyl (C=O) groups is 6. The number of rotatable bonds is 13. The fraction of sp³-hybridized carbons (Fsp3) is 0.361. The Balaban J connectivity index is 0.000000598. The van der Waals surface area contributed by atoms with Gasteiger partial charge in [0.25, 0.3) is 0 Å². The van der Waals surface area contributed by atoms with Crippen LogP contribution in [-0.4, -0.2) is 198 Å². The molecular weight excluding hydrogens is 1410 g/mol. The van der Waals surface area contributed by atoms with E-state index in [9.17, 15) is 28.8 Å². The zero-order valence-electron chi connectivity index (χ0n) is 59.1. The Bertz CT molecular complexity index is 4070. The van der Waals surface area contributed by atoms with Crippen molar-refractivity contribution in [2.45, 2.75) is 90.1 Å². The number of aryl methyl sites for hydroxylation is 2. The number of aliphatic hydroxyl groups is 5. The third-order valence-electron chi connectivity index (χ3n) is 15.4. The van der Waals surface area contributed by atoms with Crippen molar-refractivity contribution in [3.8, 4) is 0 Å². The smallest absolute Gasteiger partial charge is 0.870 e. The molecule has 3 fully saturated rings. The van der Waals surface area contributed by atoms with E-state index in [0.717, 1.165) is 142 Å². The van der Waals surface area contributed by atoms with Crippen LogP contribution in [0.5, 0.6) is 0 Å². The van der Waals surface area contributed by atoms with Crippen LogP contribution in [0.3, 0.4) is 0 Å². The van der Waals surface area contributed by atoms with Crippen molar-refractivity contribution in [2.24, 2.45) is 0 Å². The van der Waals surface area contributed by atoms with Crippen LogP contribution in [0.25, 0.3) is 54.5 Å². The van der Waals surface area contributed by atoms with E-state index in [0.29, 0.717) is 66.4 Å². The van der Waals surface area contributed by atoms with Crippen LogP contribution in [0, 0.1) is 0 Å². The number of aliphatic hydroxyl groups excluding tert-OH is 5. The van der Waals surface area contributed by atoms with Gasteiger partial charge in [-0.05, 0) is 115 Å². The van der Waals surface area contributed by atoms with Gasteiger partial charge in [-0.25, -0.2) is 24.0 Å². The predicted octanol–water partition coefficient (Wildman–Crippen LogP) is 4.29. The van der Waals surface area contributed by atoms with Crippen LogP contribution in [0.1, 0.15) is 127 Å². The molecule has 26 nitrogen and oxygen atoms in total. The third-order valence-corrected chi connectivity index (χ3v) is 16.5. The number of ether oxygens (including phenoxy) is 6. The minimum Gasteiger partial charge on any atom is -0.870 e. The van der Waals surface area contributed by atoms with E-state index in [4.69, 9.17) is 64.2 Å². The zero-order chi connectivity index (χ0) is 70.9. The SMILES string of the molecule is C1CCOC1.CO.COC(=O)c1[nH]c2ccccc2c1CCO.COC(=O)c1[nH]c2ccccc2c1CCSC(C)=O.O=C(O)c1[nH]c2ccccc2c1CCO.O=C(O)c1[nH]c2ccccc2c1CCS.O=C1OCCc2c1[nH]c1ccccc21.OC1CCCO1.OC1CCCO1.[H+].[K+].[K+].[OH-].[OH-]. The molecule has 542 valence electrons. The Morgan fingerprint density at radius 2 is 0.873 bits per heavy atom. The number of hydrogen-bond acceptors (Lipinski definition) is 21. The second kappa shape index (κ2) is 50.0. The number of aromatic carboxylic acids is 2. The number of para-hydroxylation sites is 5. The number of esters is 3. The molecule has 5 aromatic carbocycles. The first-order valence-corrected chi connectivity index (χ1v) is 33.5. The largest absolute Gasteiger partial charge is 1.00 e. The monoisotopic (exact) mass is 1500 g/mol. The number of benzene rings is 5. The maximum atomic E-state index is 11.8. The predicted molar refractivity (Wildman–Crippen MR) is 384 cm³/mol. The molecule has 0 saturated carbocycles. The quantitative estimate of drug-likeness (QED) is 0.0331. The Morgan fingerprint density at radius 1 is 0.520 bits per heavy atom. The maximum absolute atomic E-state index is 11.8. The van der Waals surface area contributed by atoms with Gasteiger partial charge in [-0.1, -0.05) is 103 Å². The molecule has 2 atom stereocenters. The Labute approximate surface area is 686 Å². The second-order valence-electron chi connectivity index (χ2n) is 21.9. The Morgan fingerprint density at radius 3 is 1.19 bits per heavy atom.